The Morgan fingerprint density at radius 1 is 0.724 bits per heavy atom. The molecule has 6 N–H and O–H groups in total. The lowest BCUT2D eigenvalue weighted by molar-refractivity contribution is -0.296. The molecule has 2 aliphatic heterocycles. The van der Waals surface area contributed by atoms with E-state index in [2.05, 4.69) is 20.6 Å². The maximum atomic E-state index is 15.0. The number of nitrogens with one attached hydrogen (secondary N) is 2. The average Bonchev–Trinajstić information content (AvgIpc) is 3.20. The van der Waals surface area contributed by atoms with Crippen molar-refractivity contribution < 1.29 is 39.2 Å². The summed E-state index contributed by atoms with van der Waals surface area (Å²) in [4.78, 5) is 97.6. The summed E-state index contributed by atoms with van der Waals surface area (Å²) in [6.07, 6.45) is 12.4. The number of carbonyl (C=O) groups is 6. The summed E-state index contributed by atoms with van der Waals surface area (Å²) in [5, 5.41) is 26.3. The molecule has 16 heteroatoms. The van der Waals surface area contributed by atoms with Gasteiger partial charge in [0, 0.05) is 70.7 Å². The van der Waals surface area contributed by atoms with E-state index in [1.54, 1.807) is 72.8 Å². The Kier molecular flexibility index (Phi) is 18.0. The minimum Gasteiger partial charge on any atom is -0.370 e. The molecular weight excluding hydrogens is 745 g/mol. The molecule has 2 aromatic rings. The zero-order valence-corrected chi connectivity index (χ0v) is 34.0. The highest BCUT2D eigenvalue weighted by Gasteiger charge is 2.59. The van der Waals surface area contributed by atoms with Gasteiger partial charge in [-0.15, -0.1) is 0 Å². The Hall–Kier alpha value is -4.96. The molecule has 0 bridgehead atoms. The first-order valence-electron chi connectivity index (χ1n) is 20.7. The molecule has 16 nitrogen and oxygen atoms in total. The summed E-state index contributed by atoms with van der Waals surface area (Å²) in [5.74, 6) is -8.03. The van der Waals surface area contributed by atoms with E-state index >= 15 is 9.59 Å². The lowest BCUT2D eigenvalue weighted by Gasteiger charge is -2.44. The van der Waals surface area contributed by atoms with E-state index in [4.69, 9.17) is 5.73 Å². The van der Waals surface area contributed by atoms with Gasteiger partial charge in [0.1, 0.15) is 12.1 Å². The molecule has 2 fully saturated rings. The molecule has 58 heavy (non-hydrogen) atoms. The summed E-state index contributed by atoms with van der Waals surface area (Å²) < 4.78 is 0. The van der Waals surface area contributed by atoms with E-state index < -0.39 is 70.5 Å². The molecule has 2 saturated heterocycles. The second-order valence-electron chi connectivity index (χ2n) is 15.9. The number of primary amides is 1. The van der Waals surface area contributed by atoms with Crippen molar-refractivity contribution in [3.05, 3.63) is 60.2 Å². The highest BCUT2D eigenvalue weighted by atomic mass is 16.8. The van der Waals surface area contributed by atoms with Gasteiger partial charge in [-0.1, -0.05) is 75.5 Å². The van der Waals surface area contributed by atoms with Gasteiger partial charge in [0.2, 0.25) is 29.5 Å². The predicted octanol–water partition coefficient (Wildman–Crippen LogP) is 3.34. The van der Waals surface area contributed by atoms with Crippen molar-refractivity contribution in [1.82, 2.24) is 35.6 Å². The van der Waals surface area contributed by atoms with Gasteiger partial charge in [0.05, 0.1) is 17.3 Å². The van der Waals surface area contributed by atoms with Crippen LogP contribution in [0, 0.1) is 17.3 Å². The third kappa shape index (κ3) is 12.8. The fourth-order valence-corrected chi connectivity index (χ4v) is 8.57. The largest absolute Gasteiger partial charge is 0.370 e. The number of carbonyl (C=O) groups excluding carboxylic acids is 6. The van der Waals surface area contributed by atoms with E-state index in [9.17, 15) is 29.6 Å². The number of likely N-dealkylation sites (N-methyl/N-ethyl adjacent to an activating group) is 2. The third-order valence-corrected chi connectivity index (χ3v) is 11.7. The van der Waals surface area contributed by atoms with Gasteiger partial charge < -0.3 is 26.2 Å². The van der Waals surface area contributed by atoms with Crippen molar-refractivity contribution in [1.29, 1.82) is 0 Å². The van der Waals surface area contributed by atoms with Crippen LogP contribution in [0.15, 0.2) is 48.9 Å². The molecule has 0 aromatic carbocycles. The van der Waals surface area contributed by atoms with Crippen molar-refractivity contribution in [2.75, 3.05) is 27.2 Å². The molecule has 0 aliphatic carbocycles. The lowest BCUT2D eigenvalue weighted by Crippen LogP contribution is -2.62. The van der Waals surface area contributed by atoms with Crippen LogP contribution in [0.5, 0.6) is 0 Å². The zero-order chi connectivity index (χ0) is 42.1. The van der Waals surface area contributed by atoms with Crippen molar-refractivity contribution in [3.8, 4) is 0 Å². The highest BCUT2D eigenvalue weighted by molar-refractivity contribution is 5.99. The van der Waals surface area contributed by atoms with Gasteiger partial charge in [-0.2, -0.15) is 0 Å². The first kappa shape index (κ1) is 45.7. The van der Waals surface area contributed by atoms with E-state index in [1.165, 1.54) is 0 Å². The molecule has 0 spiro atoms. The number of pyridine rings is 2. The average molecular weight is 807 g/mol. The van der Waals surface area contributed by atoms with Crippen LogP contribution in [-0.2, 0) is 41.6 Å². The standard InChI is InChI=1S/C42H62N8O8/c1-48-25-15-9-5-3-7-11-18-32(37(52)46-34(39(48)54)27-30-20-23-44-24-21-30)42(29-36(43)51,41(56)50(57)58)33-19-12-8-4-6-10-16-26-49(2)40(55)35(47-38(33)53)28-31-17-13-14-22-45-31/h13-14,17,20-24,32-35,57-58H,3-12,15-16,18-19,25-29H2,1-2H3,(H2,43,51)(H,46,52)(H,47,53). The number of aromatic nitrogens is 2. The monoisotopic (exact) mass is 806 g/mol. The Morgan fingerprint density at radius 3 is 1.67 bits per heavy atom. The molecule has 2 aromatic heterocycles. The van der Waals surface area contributed by atoms with E-state index in [0.717, 1.165) is 51.4 Å². The van der Waals surface area contributed by atoms with Crippen LogP contribution >= 0.6 is 0 Å². The zero-order valence-electron chi connectivity index (χ0n) is 34.0. The first-order chi connectivity index (χ1) is 27.8. The molecule has 5 atom stereocenters. The molecule has 0 radical (unpaired) electrons. The van der Waals surface area contributed by atoms with Gasteiger partial charge >= 0.3 is 0 Å². The van der Waals surface area contributed by atoms with E-state index in [1.807, 2.05) is 0 Å². The Bertz CT molecular complexity index is 1560. The maximum Gasteiger partial charge on any atom is 0.281 e. The molecule has 4 rings (SSSR count). The predicted molar refractivity (Wildman–Crippen MR) is 213 cm³/mol. The molecule has 0 saturated carbocycles. The minimum absolute atomic E-state index is 0.00158. The van der Waals surface area contributed by atoms with Crippen LogP contribution in [0.1, 0.15) is 108 Å². The number of hydroxylamine groups is 2. The van der Waals surface area contributed by atoms with E-state index in [0.29, 0.717) is 50.0 Å². The summed E-state index contributed by atoms with van der Waals surface area (Å²) in [6.45, 7) is 0.899. The smallest absolute Gasteiger partial charge is 0.281 e. The molecule has 318 valence electrons. The molecule has 6 amide bonds. The normalized spacial score (nSPS) is 24.0. The summed E-state index contributed by atoms with van der Waals surface area (Å²) >= 11 is 0. The summed E-state index contributed by atoms with van der Waals surface area (Å²) in [5.41, 5.74) is 4.68. The molecule has 2 aliphatic rings. The van der Waals surface area contributed by atoms with Crippen molar-refractivity contribution >= 4 is 35.4 Å². The number of nitrogens with two attached hydrogens (primary N) is 1. The van der Waals surface area contributed by atoms with Crippen molar-refractivity contribution in [3.63, 3.8) is 0 Å². The topological polar surface area (TPSA) is 228 Å². The van der Waals surface area contributed by atoms with Gasteiger partial charge in [-0.3, -0.25) is 49.1 Å². The minimum atomic E-state index is -2.45. The Morgan fingerprint density at radius 2 is 1.21 bits per heavy atom. The van der Waals surface area contributed by atoms with Crippen LogP contribution < -0.4 is 16.4 Å². The first-order valence-corrected chi connectivity index (χ1v) is 20.7. The fourth-order valence-electron chi connectivity index (χ4n) is 8.57. The van der Waals surface area contributed by atoms with Gasteiger partial charge in [0.25, 0.3) is 5.91 Å². The highest BCUT2D eigenvalue weighted by Crippen LogP contribution is 2.47. The molecule has 4 heterocycles. The van der Waals surface area contributed by atoms with Gasteiger partial charge in [-0.05, 0) is 55.5 Å². The van der Waals surface area contributed by atoms with Crippen LogP contribution in [0.25, 0.3) is 0 Å². The van der Waals surface area contributed by atoms with Crippen LogP contribution in [0.2, 0.25) is 0 Å². The van der Waals surface area contributed by atoms with Crippen molar-refractivity contribution in [2.24, 2.45) is 23.0 Å². The lowest BCUT2D eigenvalue weighted by atomic mass is 9.60. The number of hydrogen-bond acceptors (Lipinski definition) is 10. The SMILES string of the molecule is CN1CCCCCCCCC(C(CC(N)=O)(C(=O)N(O)O)C2CCCCCCCCN(C)C(=O)C(Cc3ccccn3)NC2=O)C(=O)NC(Cc2ccncc2)C1=O. The molecular formula is C42H62N8O8. The quantitative estimate of drug-likeness (QED) is 0.183. The van der Waals surface area contributed by atoms with Crippen molar-refractivity contribution in [2.45, 2.75) is 121 Å². The molecule has 5 unspecified atom stereocenters. The number of hydrogen-bond donors (Lipinski definition) is 5. The number of amides is 6. The summed E-state index contributed by atoms with van der Waals surface area (Å²) in [7, 11) is 3.31. The second kappa shape index (κ2) is 22.8. The Labute approximate surface area is 341 Å². The van der Waals surface area contributed by atoms with Gasteiger partial charge in [-0.25, -0.2) is 0 Å². The summed E-state index contributed by atoms with van der Waals surface area (Å²) in [6, 6.07) is 6.36. The fraction of sp³-hybridized carbons (Fsp3) is 0.619. The Balaban J connectivity index is 1.89. The van der Waals surface area contributed by atoms with Gasteiger partial charge in [0.15, 0.2) is 0 Å². The number of rotatable bonds is 9. The van der Waals surface area contributed by atoms with Crippen LogP contribution in [-0.4, -0.2) is 110 Å². The van der Waals surface area contributed by atoms with E-state index in [-0.39, 0.29) is 31.6 Å². The maximum absolute atomic E-state index is 15.0. The second-order valence-corrected chi connectivity index (χ2v) is 15.9. The number of nitrogens with zero attached hydrogens (tertiary/aromatic N) is 5. The third-order valence-electron chi connectivity index (χ3n) is 11.7. The van der Waals surface area contributed by atoms with Crippen LogP contribution in [0.3, 0.4) is 0 Å². The van der Waals surface area contributed by atoms with Crippen LogP contribution in [0.4, 0.5) is 0 Å².